The number of carbonyl (C=O) groups is 1. The van der Waals surface area contributed by atoms with Crippen molar-refractivity contribution in [2.24, 2.45) is 0 Å². The first-order valence-electron chi connectivity index (χ1n) is 9.15. The van der Waals surface area contributed by atoms with Crippen molar-refractivity contribution >= 4 is 44.2 Å². The molecule has 0 saturated carbocycles. The number of carbonyl (C=O) groups excluding carboxylic acids is 1. The van der Waals surface area contributed by atoms with Gasteiger partial charge in [0, 0.05) is 46.5 Å². The Balaban J connectivity index is 1.48. The minimum atomic E-state index is -0.0642. The van der Waals surface area contributed by atoms with Crippen molar-refractivity contribution in [3.8, 4) is 11.4 Å². The maximum absolute atomic E-state index is 12.2. The van der Waals surface area contributed by atoms with Gasteiger partial charge in [0.05, 0.1) is 5.52 Å². The fourth-order valence-corrected chi connectivity index (χ4v) is 3.15. The molecule has 2 aromatic carbocycles. The van der Waals surface area contributed by atoms with Crippen molar-refractivity contribution in [1.29, 1.82) is 0 Å². The smallest absolute Gasteiger partial charge is 0.226 e. The van der Waals surface area contributed by atoms with Crippen LogP contribution in [0.25, 0.3) is 22.3 Å². The quantitative estimate of drug-likeness (QED) is 0.439. The lowest BCUT2D eigenvalue weighted by Gasteiger charge is -2.11. The number of nitrogens with one attached hydrogen (secondary N) is 2. The minimum Gasteiger partial charge on any atom is -0.369 e. The summed E-state index contributed by atoms with van der Waals surface area (Å²) in [5, 5.41) is 7.08. The number of rotatable bonds is 6. The highest BCUT2D eigenvalue weighted by atomic mass is 79.9. The summed E-state index contributed by atoms with van der Waals surface area (Å²) in [6, 6.07) is 19.1. The summed E-state index contributed by atoms with van der Waals surface area (Å²) in [5.41, 5.74) is 2.45. The van der Waals surface area contributed by atoms with Crippen molar-refractivity contribution < 1.29 is 4.79 Å². The molecular formula is C22H18BrN5O. The first-order valence-corrected chi connectivity index (χ1v) is 9.95. The molecule has 0 aliphatic heterocycles. The monoisotopic (exact) mass is 447 g/mol. The zero-order valence-electron chi connectivity index (χ0n) is 15.5. The Bertz CT molecular complexity index is 1130. The van der Waals surface area contributed by atoms with E-state index in [0.717, 1.165) is 26.6 Å². The Morgan fingerprint density at radius 1 is 0.966 bits per heavy atom. The molecule has 0 aliphatic carbocycles. The average molecular weight is 448 g/mol. The Hall–Kier alpha value is -3.32. The van der Waals surface area contributed by atoms with E-state index in [-0.39, 0.29) is 5.91 Å². The Morgan fingerprint density at radius 3 is 2.59 bits per heavy atom. The highest BCUT2D eigenvalue weighted by Crippen LogP contribution is 2.24. The lowest BCUT2D eigenvalue weighted by Crippen LogP contribution is -2.16. The maximum Gasteiger partial charge on any atom is 0.226 e. The first-order chi connectivity index (χ1) is 14.2. The van der Waals surface area contributed by atoms with Gasteiger partial charge in [0.15, 0.2) is 5.82 Å². The fraction of sp³-hybridized carbons (Fsp3) is 0.0909. The third-order valence-corrected chi connectivity index (χ3v) is 4.82. The summed E-state index contributed by atoms with van der Waals surface area (Å²) in [6.07, 6.45) is 3.77. The lowest BCUT2D eigenvalue weighted by molar-refractivity contribution is -0.115. The zero-order chi connectivity index (χ0) is 20.1. The molecule has 0 spiro atoms. The number of para-hydroxylation sites is 1. The second-order valence-corrected chi connectivity index (χ2v) is 7.30. The second-order valence-electron chi connectivity index (χ2n) is 6.39. The van der Waals surface area contributed by atoms with Gasteiger partial charge < -0.3 is 10.6 Å². The molecule has 0 bridgehead atoms. The molecule has 1 amide bonds. The number of amides is 1. The second kappa shape index (κ2) is 8.79. The molecule has 4 aromatic rings. The number of pyridine rings is 1. The predicted octanol–water partition coefficient (Wildman–Crippen LogP) is 4.90. The van der Waals surface area contributed by atoms with Crippen molar-refractivity contribution in [2.75, 3.05) is 17.2 Å². The van der Waals surface area contributed by atoms with Gasteiger partial charge in [-0.15, -0.1) is 0 Å². The SMILES string of the molecule is O=C(CCNc1nc(-c2cccnc2)nc2ccccc12)Nc1ccc(Br)cc1. The number of hydrogen-bond acceptors (Lipinski definition) is 5. The average Bonchev–Trinajstić information content (AvgIpc) is 2.76. The number of benzene rings is 2. The lowest BCUT2D eigenvalue weighted by atomic mass is 10.2. The van der Waals surface area contributed by atoms with Gasteiger partial charge in [0.25, 0.3) is 0 Å². The Labute approximate surface area is 176 Å². The molecule has 29 heavy (non-hydrogen) atoms. The molecule has 4 rings (SSSR count). The molecule has 0 radical (unpaired) electrons. The minimum absolute atomic E-state index is 0.0642. The van der Waals surface area contributed by atoms with Crippen LogP contribution in [0.1, 0.15) is 6.42 Å². The fourth-order valence-electron chi connectivity index (χ4n) is 2.89. The van der Waals surface area contributed by atoms with Crippen molar-refractivity contribution in [3.63, 3.8) is 0 Å². The summed E-state index contributed by atoms with van der Waals surface area (Å²) in [6.45, 7) is 0.454. The van der Waals surface area contributed by atoms with Gasteiger partial charge >= 0.3 is 0 Å². The largest absolute Gasteiger partial charge is 0.369 e. The van der Waals surface area contributed by atoms with Crippen molar-refractivity contribution in [1.82, 2.24) is 15.0 Å². The highest BCUT2D eigenvalue weighted by molar-refractivity contribution is 9.10. The first kappa shape index (κ1) is 19.0. The molecule has 7 heteroatoms. The normalized spacial score (nSPS) is 10.7. The number of nitrogens with zero attached hydrogens (tertiary/aromatic N) is 3. The number of fused-ring (bicyclic) bond motifs is 1. The topological polar surface area (TPSA) is 79.8 Å². The van der Waals surface area contributed by atoms with Crippen LogP contribution in [0.5, 0.6) is 0 Å². The van der Waals surface area contributed by atoms with Crippen LogP contribution in [0, 0.1) is 0 Å². The summed E-state index contributed by atoms with van der Waals surface area (Å²) < 4.78 is 0.970. The van der Waals surface area contributed by atoms with Crippen LogP contribution in [0.3, 0.4) is 0 Å². The molecule has 2 N–H and O–H groups in total. The van der Waals surface area contributed by atoms with Gasteiger partial charge in [-0.25, -0.2) is 9.97 Å². The molecule has 144 valence electrons. The molecule has 0 saturated heterocycles. The van der Waals surface area contributed by atoms with Crippen LogP contribution in [0.15, 0.2) is 77.5 Å². The maximum atomic E-state index is 12.2. The van der Waals surface area contributed by atoms with E-state index in [2.05, 4.69) is 41.5 Å². The van der Waals surface area contributed by atoms with Gasteiger partial charge in [0.1, 0.15) is 5.82 Å². The van der Waals surface area contributed by atoms with E-state index >= 15 is 0 Å². The van der Waals surface area contributed by atoms with Gasteiger partial charge in [-0.3, -0.25) is 9.78 Å². The zero-order valence-corrected chi connectivity index (χ0v) is 17.1. The number of anilines is 2. The van der Waals surface area contributed by atoms with Crippen LogP contribution >= 0.6 is 15.9 Å². The summed E-state index contributed by atoms with van der Waals surface area (Å²) in [4.78, 5) is 25.7. The summed E-state index contributed by atoms with van der Waals surface area (Å²) in [5.74, 6) is 1.23. The van der Waals surface area contributed by atoms with Gasteiger partial charge in [-0.05, 0) is 48.5 Å². The van der Waals surface area contributed by atoms with Crippen molar-refractivity contribution in [3.05, 3.63) is 77.5 Å². The van der Waals surface area contributed by atoms with E-state index in [0.29, 0.717) is 24.6 Å². The number of hydrogen-bond donors (Lipinski definition) is 2. The molecule has 0 atom stereocenters. The van der Waals surface area contributed by atoms with E-state index in [1.54, 1.807) is 12.4 Å². The molecule has 0 aliphatic rings. The van der Waals surface area contributed by atoms with E-state index in [9.17, 15) is 4.79 Å². The molecule has 2 aromatic heterocycles. The molecule has 6 nitrogen and oxygen atoms in total. The van der Waals surface area contributed by atoms with Crippen LogP contribution in [-0.4, -0.2) is 27.4 Å². The molecular weight excluding hydrogens is 430 g/mol. The van der Waals surface area contributed by atoms with Crippen molar-refractivity contribution in [2.45, 2.75) is 6.42 Å². The van der Waals surface area contributed by atoms with E-state index < -0.39 is 0 Å². The van der Waals surface area contributed by atoms with Gasteiger partial charge in [0.2, 0.25) is 5.91 Å². The third kappa shape index (κ3) is 4.75. The Morgan fingerprint density at radius 2 is 1.79 bits per heavy atom. The summed E-state index contributed by atoms with van der Waals surface area (Å²) >= 11 is 3.38. The third-order valence-electron chi connectivity index (χ3n) is 4.30. The Kier molecular flexibility index (Phi) is 5.76. The molecule has 0 unspecified atom stereocenters. The molecule has 0 fully saturated rings. The van der Waals surface area contributed by atoms with Crippen LogP contribution in [-0.2, 0) is 4.79 Å². The van der Waals surface area contributed by atoms with E-state index in [1.807, 2.05) is 60.7 Å². The van der Waals surface area contributed by atoms with E-state index in [1.165, 1.54) is 0 Å². The summed E-state index contributed by atoms with van der Waals surface area (Å²) in [7, 11) is 0. The van der Waals surface area contributed by atoms with Gasteiger partial charge in [-0.1, -0.05) is 28.1 Å². The number of aromatic nitrogens is 3. The van der Waals surface area contributed by atoms with Crippen LogP contribution in [0.4, 0.5) is 11.5 Å². The van der Waals surface area contributed by atoms with E-state index in [4.69, 9.17) is 0 Å². The number of halogens is 1. The highest BCUT2D eigenvalue weighted by Gasteiger charge is 2.10. The van der Waals surface area contributed by atoms with Crippen LogP contribution in [0.2, 0.25) is 0 Å². The molecule has 2 heterocycles. The predicted molar refractivity (Wildman–Crippen MR) is 119 cm³/mol. The van der Waals surface area contributed by atoms with Gasteiger partial charge in [-0.2, -0.15) is 0 Å². The van der Waals surface area contributed by atoms with Crippen LogP contribution < -0.4 is 10.6 Å². The standard InChI is InChI=1S/C22H18BrN5O/c23-16-7-9-17(10-8-16)26-20(29)11-13-25-22-18-5-1-2-6-19(18)27-21(28-22)15-4-3-12-24-14-15/h1-10,12,14H,11,13H2,(H,26,29)(H,25,27,28).